The van der Waals surface area contributed by atoms with Crippen LogP contribution in [0.5, 0.6) is 0 Å². The van der Waals surface area contributed by atoms with Gasteiger partial charge in [-0.1, -0.05) is 6.08 Å². The Morgan fingerprint density at radius 3 is 2.64 bits per heavy atom. The van der Waals surface area contributed by atoms with Crippen LogP contribution in [-0.4, -0.2) is 13.7 Å². The lowest BCUT2D eigenvalue weighted by Gasteiger charge is -2.07. The van der Waals surface area contributed by atoms with Crippen molar-refractivity contribution in [1.82, 2.24) is 32.8 Å². The molecular weight excluding hydrogens is 144 g/mol. The molecule has 66 valence electrons. The predicted octanol–water partition coefficient (Wildman–Crippen LogP) is -1.70. The number of hydrogen-bond acceptors (Lipinski definition) is 6. The lowest BCUT2D eigenvalue weighted by atomic mass is 10.7. The first-order valence-electron chi connectivity index (χ1n) is 3.41. The molecule has 0 aromatic carbocycles. The van der Waals surface area contributed by atoms with Crippen molar-refractivity contribution in [3.8, 4) is 0 Å². The van der Waals surface area contributed by atoms with Crippen LogP contribution in [0.4, 0.5) is 0 Å². The monoisotopic (exact) mass is 160 g/mol. The lowest BCUT2D eigenvalue weighted by Crippen LogP contribution is -2.52. The van der Waals surface area contributed by atoms with Gasteiger partial charge in [0, 0.05) is 6.20 Å². The van der Waals surface area contributed by atoms with E-state index < -0.39 is 0 Å². The smallest absolute Gasteiger partial charge is 0.0781 e. The van der Waals surface area contributed by atoms with Gasteiger partial charge < -0.3 is 5.43 Å². The van der Waals surface area contributed by atoms with Gasteiger partial charge in [0.1, 0.15) is 0 Å². The lowest BCUT2D eigenvalue weighted by molar-refractivity contribution is 0.369. The fourth-order valence-corrected chi connectivity index (χ4v) is 0.388. The average molecular weight is 160 g/mol. The molecule has 0 fully saturated rings. The summed E-state index contributed by atoms with van der Waals surface area (Å²) in [6.07, 6.45) is 3.69. The highest BCUT2D eigenvalue weighted by Gasteiger charge is 1.77. The molecule has 0 atom stereocenters. The van der Waals surface area contributed by atoms with Crippen molar-refractivity contribution in [2.45, 2.75) is 6.92 Å². The topological polar surface area (TPSA) is 72.2 Å². The molecule has 0 aliphatic heterocycles. The minimum atomic E-state index is 0.596. The maximum atomic E-state index is 2.87. The highest BCUT2D eigenvalue weighted by atomic mass is 15.7. The zero-order valence-corrected chi connectivity index (χ0v) is 6.86. The molecule has 0 aromatic rings. The van der Waals surface area contributed by atoms with Gasteiger partial charge in [0.15, 0.2) is 0 Å². The molecular formula is C5H16N6. The molecule has 0 heterocycles. The van der Waals surface area contributed by atoms with E-state index in [0.29, 0.717) is 6.67 Å². The molecule has 0 radical (unpaired) electrons. The third-order valence-corrected chi connectivity index (χ3v) is 0.805. The summed E-state index contributed by atoms with van der Waals surface area (Å²) in [5, 5.41) is 0. The van der Waals surface area contributed by atoms with Crippen LogP contribution in [0.25, 0.3) is 0 Å². The van der Waals surface area contributed by atoms with Gasteiger partial charge in [-0.25, -0.2) is 16.3 Å². The van der Waals surface area contributed by atoms with Gasteiger partial charge in [-0.3, -0.25) is 0 Å². The molecule has 0 spiro atoms. The molecule has 6 heteroatoms. The molecule has 0 rings (SSSR count). The Morgan fingerprint density at radius 1 is 1.18 bits per heavy atom. The van der Waals surface area contributed by atoms with Crippen LogP contribution >= 0.6 is 0 Å². The Labute approximate surface area is 66.7 Å². The van der Waals surface area contributed by atoms with Crippen molar-refractivity contribution < 1.29 is 0 Å². The van der Waals surface area contributed by atoms with Crippen LogP contribution < -0.4 is 32.8 Å². The fraction of sp³-hybridized carbons (Fsp3) is 0.600. The van der Waals surface area contributed by atoms with Crippen molar-refractivity contribution in [2.24, 2.45) is 0 Å². The largest absolute Gasteiger partial charge is 0.328 e. The summed E-state index contributed by atoms with van der Waals surface area (Å²) in [6, 6.07) is 0. The quantitative estimate of drug-likeness (QED) is 0.152. The molecule has 0 aliphatic carbocycles. The minimum absolute atomic E-state index is 0.596. The van der Waals surface area contributed by atoms with Crippen molar-refractivity contribution in [2.75, 3.05) is 13.7 Å². The van der Waals surface area contributed by atoms with E-state index in [4.69, 9.17) is 0 Å². The third kappa shape index (κ3) is 9.34. The van der Waals surface area contributed by atoms with Crippen LogP contribution in [0.2, 0.25) is 0 Å². The summed E-state index contributed by atoms with van der Waals surface area (Å²) in [4.78, 5) is 0. The molecule has 0 aromatic heterocycles. The summed E-state index contributed by atoms with van der Waals surface area (Å²) >= 11 is 0. The third-order valence-electron chi connectivity index (χ3n) is 0.805. The normalized spacial score (nSPS) is 10.7. The van der Waals surface area contributed by atoms with Crippen molar-refractivity contribution in [3.05, 3.63) is 12.3 Å². The average Bonchev–Trinajstić information content (AvgIpc) is 2.03. The van der Waals surface area contributed by atoms with Crippen LogP contribution in [0.15, 0.2) is 12.3 Å². The first kappa shape index (κ1) is 10.3. The maximum absolute atomic E-state index is 2.87. The van der Waals surface area contributed by atoms with Crippen molar-refractivity contribution >= 4 is 0 Å². The van der Waals surface area contributed by atoms with Gasteiger partial charge in [0.2, 0.25) is 0 Å². The van der Waals surface area contributed by atoms with E-state index in [1.807, 2.05) is 13.0 Å². The van der Waals surface area contributed by atoms with Gasteiger partial charge in [0.05, 0.1) is 6.67 Å². The molecule has 0 unspecified atom stereocenters. The van der Waals surface area contributed by atoms with E-state index in [1.54, 1.807) is 13.2 Å². The van der Waals surface area contributed by atoms with E-state index in [0.717, 1.165) is 0 Å². The van der Waals surface area contributed by atoms with Crippen LogP contribution in [0.1, 0.15) is 6.92 Å². The van der Waals surface area contributed by atoms with Crippen molar-refractivity contribution in [3.63, 3.8) is 0 Å². The summed E-state index contributed by atoms with van der Waals surface area (Å²) in [7, 11) is 1.76. The minimum Gasteiger partial charge on any atom is -0.328 e. The van der Waals surface area contributed by atoms with Crippen LogP contribution in [0, 0.1) is 0 Å². The van der Waals surface area contributed by atoms with Gasteiger partial charge in [-0.15, -0.1) is 0 Å². The van der Waals surface area contributed by atoms with Crippen molar-refractivity contribution in [1.29, 1.82) is 0 Å². The second-order valence-electron chi connectivity index (χ2n) is 1.67. The highest BCUT2D eigenvalue weighted by molar-refractivity contribution is 4.70. The number of rotatable bonds is 7. The number of allylic oxidation sites excluding steroid dienone is 1. The van der Waals surface area contributed by atoms with Crippen LogP contribution in [0.3, 0.4) is 0 Å². The van der Waals surface area contributed by atoms with Crippen LogP contribution in [-0.2, 0) is 0 Å². The van der Waals surface area contributed by atoms with E-state index in [1.165, 1.54) is 0 Å². The molecule has 6 N–H and O–H groups in total. The Balaban J connectivity index is 2.79. The number of hydrogen-bond donors (Lipinski definition) is 6. The van der Waals surface area contributed by atoms with Gasteiger partial charge in [-0.2, -0.15) is 11.1 Å². The summed E-state index contributed by atoms with van der Waals surface area (Å²) in [5.41, 5.74) is 16.5. The predicted molar refractivity (Wildman–Crippen MR) is 44.4 cm³/mol. The number of nitrogens with one attached hydrogen (secondary N) is 6. The summed E-state index contributed by atoms with van der Waals surface area (Å²) < 4.78 is 0. The first-order valence-corrected chi connectivity index (χ1v) is 3.41. The molecule has 0 bridgehead atoms. The van der Waals surface area contributed by atoms with E-state index in [2.05, 4.69) is 32.8 Å². The zero-order valence-electron chi connectivity index (χ0n) is 6.86. The fourth-order valence-electron chi connectivity index (χ4n) is 0.388. The Hall–Kier alpha value is -0.660. The Bertz CT molecular complexity index is 93.0. The molecule has 0 saturated heterocycles. The van der Waals surface area contributed by atoms with Gasteiger partial charge in [0.25, 0.3) is 0 Å². The van der Waals surface area contributed by atoms with E-state index in [9.17, 15) is 0 Å². The van der Waals surface area contributed by atoms with E-state index >= 15 is 0 Å². The standard InChI is InChI=1S/C5H16N6/c1-3-4-7-8-5-9-11-10-6-2/h3-4,6-11H,5H2,1-2H3/b4-3-. The van der Waals surface area contributed by atoms with Gasteiger partial charge in [-0.05, 0) is 14.0 Å². The SMILES string of the molecule is C/C=C\NNCNNNNC. The first-order chi connectivity index (χ1) is 5.41. The second-order valence-corrected chi connectivity index (χ2v) is 1.67. The molecule has 0 amide bonds. The number of hydrazine groups is 4. The molecule has 0 aliphatic rings. The summed E-state index contributed by atoms with van der Waals surface area (Å²) in [5.74, 6) is 0. The maximum Gasteiger partial charge on any atom is 0.0781 e. The molecule has 6 nitrogen and oxygen atoms in total. The van der Waals surface area contributed by atoms with E-state index in [-0.39, 0.29) is 0 Å². The Morgan fingerprint density at radius 2 is 2.00 bits per heavy atom. The molecule has 11 heavy (non-hydrogen) atoms. The highest BCUT2D eigenvalue weighted by Crippen LogP contribution is 1.55. The Kier molecular flexibility index (Phi) is 8.78. The van der Waals surface area contributed by atoms with Gasteiger partial charge >= 0.3 is 0 Å². The molecule has 0 saturated carbocycles. The second kappa shape index (κ2) is 9.34. The summed E-state index contributed by atoms with van der Waals surface area (Å²) in [6.45, 7) is 2.53. The zero-order chi connectivity index (χ0) is 8.36.